The Balaban J connectivity index is 1.74. The minimum atomic E-state index is -0.576. The summed E-state index contributed by atoms with van der Waals surface area (Å²) in [4.78, 5) is 18.8. The zero-order valence-electron chi connectivity index (χ0n) is 15.0. The molecule has 3 rings (SSSR count). The van der Waals surface area contributed by atoms with Crippen molar-refractivity contribution in [3.63, 3.8) is 0 Å². The third-order valence-corrected chi connectivity index (χ3v) is 6.24. The Hall–Kier alpha value is -1.89. The van der Waals surface area contributed by atoms with E-state index < -0.39 is 11.9 Å². The van der Waals surface area contributed by atoms with Crippen molar-refractivity contribution in [2.24, 2.45) is 0 Å². The molecule has 0 aliphatic rings. The second-order valence-corrected chi connectivity index (χ2v) is 8.14. The van der Waals surface area contributed by atoms with Crippen molar-refractivity contribution in [3.8, 4) is 0 Å². The number of carbonyl (C=O) groups excluding carboxylic acids is 1. The molecule has 8 heteroatoms. The lowest BCUT2D eigenvalue weighted by molar-refractivity contribution is 0.191. The number of thiazole rings is 1. The Morgan fingerprint density at radius 1 is 1.22 bits per heavy atom. The summed E-state index contributed by atoms with van der Waals surface area (Å²) in [5.41, 5.74) is 1.38. The van der Waals surface area contributed by atoms with Gasteiger partial charge in [-0.1, -0.05) is 35.3 Å². The van der Waals surface area contributed by atoms with Gasteiger partial charge in [0.25, 0.3) is 0 Å². The van der Waals surface area contributed by atoms with E-state index in [1.807, 2.05) is 31.2 Å². The van der Waals surface area contributed by atoms with Crippen LogP contribution in [0, 0.1) is 5.82 Å². The molecule has 0 saturated carbocycles. The molecular formula is C19H18Cl2FN3OS. The van der Waals surface area contributed by atoms with E-state index in [0.717, 1.165) is 15.2 Å². The van der Waals surface area contributed by atoms with E-state index in [4.69, 9.17) is 23.2 Å². The number of nitrogens with zero attached hydrogens (tertiary/aromatic N) is 2. The maximum atomic E-state index is 13.7. The van der Waals surface area contributed by atoms with Crippen molar-refractivity contribution in [2.75, 3.05) is 7.05 Å². The van der Waals surface area contributed by atoms with Crippen LogP contribution in [-0.2, 0) is 0 Å². The smallest absolute Gasteiger partial charge is 0.318 e. The number of halogens is 3. The third kappa shape index (κ3) is 4.18. The van der Waals surface area contributed by atoms with Gasteiger partial charge >= 0.3 is 6.03 Å². The number of para-hydroxylation sites is 1. The molecule has 0 aliphatic carbocycles. The van der Waals surface area contributed by atoms with Gasteiger partial charge in [-0.05, 0) is 43.7 Å². The first-order valence-corrected chi connectivity index (χ1v) is 9.88. The molecule has 1 heterocycles. The summed E-state index contributed by atoms with van der Waals surface area (Å²) in [5.74, 6) is -0.576. The summed E-state index contributed by atoms with van der Waals surface area (Å²) in [6, 6.07) is 9.42. The van der Waals surface area contributed by atoms with Crippen molar-refractivity contribution >= 4 is 50.8 Å². The van der Waals surface area contributed by atoms with Gasteiger partial charge in [0.2, 0.25) is 0 Å². The monoisotopic (exact) mass is 425 g/mol. The molecule has 2 aromatic carbocycles. The first kappa shape index (κ1) is 19.9. The van der Waals surface area contributed by atoms with Crippen LogP contribution in [0.25, 0.3) is 10.2 Å². The maximum absolute atomic E-state index is 13.7. The van der Waals surface area contributed by atoms with E-state index in [9.17, 15) is 9.18 Å². The lowest BCUT2D eigenvalue weighted by Crippen LogP contribution is -2.40. The molecule has 2 amide bonds. The van der Waals surface area contributed by atoms with Crippen LogP contribution in [0.1, 0.15) is 36.5 Å². The summed E-state index contributed by atoms with van der Waals surface area (Å²) in [5, 5.41) is 3.93. The zero-order valence-corrected chi connectivity index (χ0v) is 17.3. The Morgan fingerprint density at radius 3 is 2.63 bits per heavy atom. The van der Waals surface area contributed by atoms with Gasteiger partial charge in [0.05, 0.1) is 27.3 Å². The van der Waals surface area contributed by atoms with Gasteiger partial charge in [-0.25, -0.2) is 14.2 Å². The summed E-state index contributed by atoms with van der Waals surface area (Å²) >= 11 is 13.4. The van der Waals surface area contributed by atoms with Gasteiger partial charge in [0.1, 0.15) is 10.8 Å². The van der Waals surface area contributed by atoms with Crippen molar-refractivity contribution < 1.29 is 9.18 Å². The number of rotatable bonds is 4. The maximum Gasteiger partial charge on any atom is 0.318 e. The van der Waals surface area contributed by atoms with Gasteiger partial charge < -0.3 is 10.2 Å². The molecule has 4 nitrogen and oxygen atoms in total. The summed E-state index contributed by atoms with van der Waals surface area (Å²) in [6.07, 6.45) is 0. The number of urea groups is 1. The highest BCUT2D eigenvalue weighted by atomic mass is 35.5. The van der Waals surface area contributed by atoms with E-state index in [-0.39, 0.29) is 17.1 Å². The highest BCUT2D eigenvalue weighted by Crippen LogP contribution is 2.31. The molecule has 1 aromatic heterocycles. The molecular weight excluding hydrogens is 408 g/mol. The number of hydrogen-bond donors (Lipinski definition) is 1. The highest BCUT2D eigenvalue weighted by Gasteiger charge is 2.23. The van der Waals surface area contributed by atoms with Crippen LogP contribution in [0.3, 0.4) is 0 Å². The average Bonchev–Trinajstić information content (AvgIpc) is 3.07. The highest BCUT2D eigenvalue weighted by molar-refractivity contribution is 7.18. The topological polar surface area (TPSA) is 45.2 Å². The molecule has 2 unspecified atom stereocenters. The molecule has 0 bridgehead atoms. The minimum Gasteiger partial charge on any atom is -0.331 e. The van der Waals surface area contributed by atoms with Crippen molar-refractivity contribution in [2.45, 2.75) is 25.9 Å². The summed E-state index contributed by atoms with van der Waals surface area (Å²) in [6.45, 7) is 3.65. The molecule has 0 fully saturated rings. The summed E-state index contributed by atoms with van der Waals surface area (Å²) < 4.78 is 14.8. The van der Waals surface area contributed by atoms with Gasteiger partial charge in [-0.3, -0.25) is 0 Å². The fourth-order valence-electron chi connectivity index (χ4n) is 2.64. The van der Waals surface area contributed by atoms with Crippen LogP contribution in [-0.4, -0.2) is 23.0 Å². The standard InChI is InChI=1S/C19H18Cl2FN3OS/c1-10(12-8-15(22)14(21)9-13(12)20)23-19(26)25(3)11(2)18-24-16-6-4-5-7-17(16)27-18/h4-11H,1-3H3,(H,23,26). The predicted octanol–water partition coefficient (Wildman–Crippen LogP) is 6.21. The Labute approximate surface area is 170 Å². The number of hydrogen-bond acceptors (Lipinski definition) is 3. The lowest BCUT2D eigenvalue weighted by Gasteiger charge is -2.26. The first-order chi connectivity index (χ1) is 12.8. The first-order valence-electron chi connectivity index (χ1n) is 8.31. The Bertz CT molecular complexity index is 961. The fourth-order valence-corrected chi connectivity index (χ4v) is 4.25. The molecule has 0 radical (unpaired) electrons. The average molecular weight is 426 g/mol. The van der Waals surface area contributed by atoms with E-state index in [2.05, 4.69) is 10.3 Å². The Kier molecular flexibility index (Phi) is 5.89. The van der Waals surface area contributed by atoms with E-state index in [1.165, 1.54) is 12.1 Å². The Morgan fingerprint density at radius 2 is 1.93 bits per heavy atom. The van der Waals surface area contributed by atoms with Crippen LogP contribution >= 0.6 is 34.5 Å². The third-order valence-electron chi connectivity index (χ3n) is 4.42. The van der Waals surface area contributed by atoms with Crippen LogP contribution in [0.2, 0.25) is 10.0 Å². The zero-order chi connectivity index (χ0) is 19.7. The number of fused-ring (bicyclic) bond motifs is 1. The molecule has 3 aromatic rings. The largest absolute Gasteiger partial charge is 0.331 e. The number of carbonyl (C=O) groups is 1. The van der Waals surface area contributed by atoms with Gasteiger partial charge in [0, 0.05) is 12.1 Å². The molecule has 0 spiro atoms. The van der Waals surface area contributed by atoms with Gasteiger partial charge in [-0.2, -0.15) is 0 Å². The normalized spacial score (nSPS) is 13.4. The number of benzene rings is 2. The molecule has 0 saturated heterocycles. The van der Waals surface area contributed by atoms with Crippen molar-refractivity contribution in [1.82, 2.24) is 15.2 Å². The molecule has 0 aliphatic heterocycles. The second kappa shape index (κ2) is 8.00. The van der Waals surface area contributed by atoms with Crippen LogP contribution < -0.4 is 5.32 Å². The second-order valence-electron chi connectivity index (χ2n) is 6.27. The van der Waals surface area contributed by atoms with Crippen LogP contribution in [0.4, 0.5) is 9.18 Å². The lowest BCUT2D eigenvalue weighted by atomic mass is 10.1. The van der Waals surface area contributed by atoms with E-state index >= 15 is 0 Å². The molecule has 27 heavy (non-hydrogen) atoms. The van der Waals surface area contributed by atoms with Crippen molar-refractivity contribution in [1.29, 1.82) is 0 Å². The van der Waals surface area contributed by atoms with Crippen LogP contribution in [0.5, 0.6) is 0 Å². The van der Waals surface area contributed by atoms with Crippen LogP contribution in [0.15, 0.2) is 36.4 Å². The minimum absolute atomic E-state index is 0.0520. The molecule has 142 valence electrons. The SMILES string of the molecule is CC(NC(=O)N(C)C(C)c1nc2ccccc2s1)c1cc(F)c(Cl)cc1Cl. The number of aromatic nitrogens is 1. The number of amides is 2. The van der Waals surface area contributed by atoms with E-state index in [0.29, 0.717) is 10.6 Å². The van der Waals surface area contributed by atoms with Crippen molar-refractivity contribution in [3.05, 3.63) is 62.8 Å². The van der Waals surface area contributed by atoms with Gasteiger partial charge in [-0.15, -0.1) is 11.3 Å². The quantitative estimate of drug-likeness (QED) is 0.505. The summed E-state index contributed by atoms with van der Waals surface area (Å²) in [7, 11) is 1.70. The number of nitrogens with one attached hydrogen (secondary N) is 1. The fraction of sp³-hybridized carbons (Fsp3) is 0.263. The predicted molar refractivity (Wildman–Crippen MR) is 109 cm³/mol. The van der Waals surface area contributed by atoms with E-state index in [1.54, 1.807) is 30.2 Å². The molecule has 1 N–H and O–H groups in total. The molecule has 2 atom stereocenters. The van der Waals surface area contributed by atoms with Gasteiger partial charge in [0.15, 0.2) is 0 Å².